The van der Waals surface area contributed by atoms with Gasteiger partial charge in [-0.15, -0.1) is 13.2 Å². The highest BCUT2D eigenvalue weighted by Crippen LogP contribution is 2.39. The van der Waals surface area contributed by atoms with Gasteiger partial charge in [0.05, 0.1) is 9.82 Å². The third kappa shape index (κ3) is 8.44. The van der Waals surface area contributed by atoms with Crippen molar-refractivity contribution in [3.63, 3.8) is 0 Å². The molecule has 37 heavy (non-hydrogen) atoms. The van der Waals surface area contributed by atoms with E-state index in [2.05, 4.69) is 58.4 Å². The van der Waals surface area contributed by atoms with Crippen molar-refractivity contribution >= 4 is 24.0 Å². The molecular weight excluding hydrogens is 506 g/mol. The first-order valence-corrected chi connectivity index (χ1v) is 17.2. The quantitative estimate of drug-likeness (QED) is 0.110. The van der Waals surface area contributed by atoms with Crippen LogP contribution in [0.25, 0.3) is 0 Å². The third-order valence-electron chi connectivity index (χ3n) is 7.19. The Balaban J connectivity index is 2.45. The number of nitrogens with zero attached hydrogens (tertiary/aromatic N) is 2. The summed E-state index contributed by atoms with van der Waals surface area (Å²) < 4.78 is 35.9. The Morgan fingerprint density at radius 3 is 2.30 bits per heavy atom. The maximum Gasteiger partial charge on any atom is 0.269 e. The molecule has 0 unspecified atom stereocenters. The van der Waals surface area contributed by atoms with Crippen molar-refractivity contribution in [1.29, 1.82) is 0 Å². The van der Waals surface area contributed by atoms with Crippen LogP contribution in [0.4, 0.5) is 5.69 Å². The van der Waals surface area contributed by atoms with E-state index in [-0.39, 0.29) is 34.3 Å². The molecule has 0 spiro atoms. The summed E-state index contributed by atoms with van der Waals surface area (Å²) in [6.45, 7) is 19.6. The standard InChI is InChI=1S/C27H43N3O5SSi/c1-8-10-18-28-22-12-13-24(21-25(20-22)35-37(6,7)27(3,4)5)29(19-11-9-2)36(33,34)26-16-14-23(15-17-26)30(31)32/h8-9,12-17,22,24-25,28H,1-2,10-11,18-21H2,3-7H3/t22-,24-,25-/m1/s1. The van der Waals surface area contributed by atoms with Crippen molar-refractivity contribution in [2.24, 2.45) is 0 Å². The first-order valence-electron chi connectivity index (χ1n) is 12.8. The maximum atomic E-state index is 13.8. The van der Waals surface area contributed by atoms with Crippen LogP contribution in [-0.2, 0) is 14.4 Å². The summed E-state index contributed by atoms with van der Waals surface area (Å²) in [6, 6.07) is 4.68. The van der Waals surface area contributed by atoms with E-state index in [0.29, 0.717) is 12.8 Å². The second kappa shape index (κ2) is 13.1. The van der Waals surface area contributed by atoms with Gasteiger partial charge in [-0.05, 0) is 62.5 Å². The lowest BCUT2D eigenvalue weighted by Gasteiger charge is -2.40. The van der Waals surface area contributed by atoms with E-state index in [1.54, 1.807) is 6.08 Å². The van der Waals surface area contributed by atoms with E-state index in [4.69, 9.17) is 4.43 Å². The Morgan fingerprint density at radius 2 is 1.76 bits per heavy atom. The van der Waals surface area contributed by atoms with Crippen LogP contribution in [0.5, 0.6) is 0 Å². The minimum Gasteiger partial charge on any atom is -0.414 e. The van der Waals surface area contributed by atoms with Crippen LogP contribution in [0.2, 0.25) is 18.1 Å². The number of benzene rings is 1. The highest BCUT2D eigenvalue weighted by Gasteiger charge is 2.41. The molecule has 10 heteroatoms. The minimum atomic E-state index is -3.93. The molecule has 3 atom stereocenters. The Hall–Kier alpha value is -2.11. The van der Waals surface area contributed by atoms with Crippen molar-refractivity contribution in [1.82, 2.24) is 9.62 Å². The van der Waals surface area contributed by atoms with Gasteiger partial charge in [-0.1, -0.05) is 45.1 Å². The molecule has 0 bridgehead atoms. The topological polar surface area (TPSA) is 102 Å². The fraction of sp³-hybridized carbons (Fsp3) is 0.556. The van der Waals surface area contributed by atoms with Crippen LogP contribution < -0.4 is 5.32 Å². The van der Waals surface area contributed by atoms with Crippen molar-refractivity contribution in [2.45, 2.75) is 87.7 Å². The third-order valence-corrected chi connectivity index (χ3v) is 13.7. The fourth-order valence-electron chi connectivity index (χ4n) is 4.05. The molecule has 0 radical (unpaired) electrons. The Labute approximate surface area is 223 Å². The molecule has 1 aromatic rings. The van der Waals surface area contributed by atoms with Gasteiger partial charge in [-0.25, -0.2) is 8.42 Å². The van der Waals surface area contributed by atoms with E-state index in [9.17, 15) is 18.5 Å². The molecule has 1 aliphatic carbocycles. The van der Waals surface area contributed by atoms with Gasteiger partial charge in [0, 0.05) is 36.9 Å². The Morgan fingerprint density at radius 1 is 1.14 bits per heavy atom. The average molecular weight is 550 g/mol. The average Bonchev–Trinajstić information content (AvgIpc) is 3.00. The van der Waals surface area contributed by atoms with Crippen molar-refractivity contribution in [2.75, 3.05) is 13.1 Å². The lowest BCUT2D eigenvalue weighted by Crippen LogP contribution is -2.47. The predicted molar refractivity (Wildman–Crippen MR) is 153 cm³/mol. The Bertz CT molecular complexity index is 1060. The summed E-state index contributed by atoms with van der Waals surface area (Å²) in [4.78, 5) is 10.6. The largest absolute Gasteiger partial charge is 0.414 e. The number of nitrogens with one attached hydrogen (secondary N) is 1. The van der Waals surface area contributed by atoms with Gasteiger partial charge in [-0.3, -0.25) is 10.1 Å². The zero-order valence-electron chi connectivity index (χ0n) is 22.9. The normalized spacial score (nSPS) is 21.0. The van der Waals surface area contributed by atoms with Crippen LogP contribution >= 0.6 is 0 Å². The van der Waals surface area contributed by atoms with Crippen LogP contribution in [0.1, 0.15) is 46.5 Å². The summed E-state index contributed by atoms with van der Waals surface area (Å²) in [7, 11) is -6.05. The molecule has 1 N–H and O–H groups in total. The molecule has 0 fully saturated rings. The molecule has 0 saturated carbocycles. The highest BCUT2D eigenvalue weighted by molar-refractivity contribution is 7.89. The van der Waals surface area contributed by atoms with E-state index in [1.807, 2.05) is 12.2 Å². The summed E-state index contributed by atoms with van der Waals surface area (Å²) >= 11 is 0. The number of hydrogen-bond donors (Lipinski definition) is 1. The number of sulfonamides is 1. The maximum absolute atomic E-state index is 13.8. The number of nitro benzene ring substituents is 1. The summed E-state index contributed by atoms with van der Waals surface area (Å²) in [6.07, 6.45) is 10.0. The molecule has 1 aliphatic rings. The molecule has 206 valence electrons. The van der Waals surface area contributed by atoms with Crippen LogP contribution in [0.3, 0.4) is 0 Å². The van der Waals surface area contributed by atoms with Gasteiger partial charge >= 0.3 is 0 Å². The van der Waals surface area contributed by atoms with Gasteiger partial charge < -0.3 is 9.74 Å². The summed E-state index contributed by atoms with van der Waals surface area (Å²) in [5, 5.41) is 14.6. The molecule has 0 aromatic heterocycles. The fourth-order valence-corrected chi connectivity index (χ4v) is 7.04. The minimum absolute atomic E-state index is 0.0152. The zero-order chi connectivity index (χ0) is 27.9. The van der Waals surface area contributed by atoms with Gasteiger partial charge in [0.2, 0.25) is 10.0 Å². The summed E-state index contributed by atoms with van der Waals surface area (Å²) in [5.41, 5.74) is -0.151. The smallest absolute Gasteiger partial charge is 0.269 e. The van der Waals surface area contributed by atoms with Gasteiger partial charge in [0.1, 0.15) is 0 Å². The number of hydrogen-bond acceptors (Lipinski definition) is 6. The van der Waals surface area contributed by atoms with Crippen molar-refractivity contribution in [3.05, 3.63) is 71.8 Å². The SMILES string of the molecule is C=CCCN[C@@H]1C=C[C@@H](N(CCC=C)S(=O)(=O)c2ccc([N+](=O)[O-])cc2)C[C@H](O[Si](C)(C)C(C)(C)C)C1. The van der Waals surface area contributed by atoms with Crippen LogP contribution in [-0.4, -0.2) is 57.2 Å². The Kier molecular flexibility index (Phi) is 11.0. The first-order chi connectivity index (χ1) is 17.2. The summed E-state index contributed by atoms with van der Waals surface area (Å²) in [5.74, 6) is 0. The number of nitro groups is 1. The molecule has 0 aliphatic heterocycles. The van der Waals surface area contributed by atoms with Gasteiger partial charge in [0.15, 0.2) is 8.32 Å². The molecule has 0 heterocycles. The molecule has 2 rings (SSSR count). The molecule has 0 saturated heterocycles. The van der Waals surface area contributed by atoms with E-state index in [1.165, 1.54) is 28.6 Å². The van der Waals surface area contributed by atoms with Gasteiger partial charge in [0.25, 0.3) is 5.69 Å². The van der Waals surface area contributed by atoms with Gasteiger partial charge in [-0.2, -0.15) is 4.31 Å². The van der Waals surface area contributed by atoms with E-state index >= 15 is 0 Å². The lowest BCUT2D eigenvalue weighted by molar-refractivity contribution is -0.384. The van der Waals surface area contributed by atoms with Crippen molar-refractivity contribution < 1.29 is 17.8 Å². The zero-order valence-corrected chi connectivity index (χ0v) is 24.7. The molecular formula is C27H43N3O5SSi. The highest BCUT2D eigenvalue weighted by atomic mass is 32.2. The van der Waals surface area contributed by atoms with Crippen molar-refractivity contribution in [3.8, 4) is 0 Å². The molecule has 1 aromatic carbocycles. The van der Waals surface area contributed by atoms with Crippen LogP contribution in [0, 0.1) is 10.1 Å². The van der Waals surface area contributed by atoms with E-state index < -0.39 is 29.3 Å². The second-order valence-corrected chi connectivity index (χ2v) is 17.7. The van der Waals surface area contributed by atoms with Crippen LogP contribution in [0.15, 0.2) is 66.6 Å². The lowest BCUT2D eigenvalue weighted by atomic mass is 10.1. The molecule has 0 amide bonds. The monoisotopic (exact) mass is 549 g/mol. The second-order valence-electron chi connectivity index (χ2n) is 11.0. The number of non-ortho nitro benzene ring substituents is 1. The molecule has 8 nitrogen and oxygen atoms in total. The van der Waals surface area contributed by atoms with E-state index in [0.717, 1.165) is 19.4 Å². The number of rotatable bonds is 13. The first kappa shape index (κ1) is 31.1. The predicted octanol–water partition coefficient (Wildman–Crippen LogP) is 5.80.